The Morgan fingerprint density at radius 2 is 2.00 bits per heavy atom. The number of thioether (sulfide) groups is 1. The minimum Gasteiger partial charge on any atom is -0.314 e. The zero-order valence-corrected chi connectivity index (χ0v) is 13.0. The second kappa shape index (κ2) is 7.16. The molecule has 0 aromatic heterocycles. The molecule has 2 nitrogen and oxygen atoms in total. The smallest absolute Gasteiger partial charge is 0.0116 e. The molecule has 0 unspecified atom stereocenters. The van der Waals surface area contributed by atoms with Gasteiger partial charge in [0.1, 0.15) is 0 Å². The quantitative estimate of drug-likeness (QED) is 0.773. The van der Waals surface area contributed by atoms with Crippen molar-refractivity contribution in [1.29, 1.82) is 0 Å². The predicted octanol–water partition coefficient (Wildman–Crippen LogP) is 3.13. The van der Waals surface area contributed by atoms with Gasteiger partial charge in [0.2, 0.25) is 0 Å². The van der Waals surface area contributed by atoms with Crippen LogP contribution in [0.1, 0.15) is 52.4 Å². The first-order valence-electron chi connectivity index (χ1n) is 7.75. The van der Waals surface area contributed by atoms with E-state index in [0.29, 0.717) is 4.75 Å². The van der Waals surface area contributed by atoms with Crippen molar-refractivity contribution in [3.63, 3.8) is 0 Å². The third-order valence-electron chi connectivity index (χ3n) is 4.37. The lowest BCUT2D eigenvalue weighted by molar-refractivity contribution is 0.277. The van der Waals surface area contributed by atoms with Gasteiger partial charge in [-0.05, 0) is 45.3 Å². The molecule has 0 aromatic rings. The maximum absolute atomic E-state index is 3.72. The minimum absolute atomic E-state index is 0.497. The molecule has 18 heavy (non-hydrogen) atoms. The van der Waals surface area contributed by atoms with E-state index in [1.807, 2.05) is 0 Å². The molecule has 1 aliphatic carbocycles. The molecule has 1 heterocycles. The average Bonchev–Trinajstić information content (AvgIpc) is 2.77. The van der Waals surface area contributed by atoms with Gasteiger partial charge in [-0.15, -0.1) is 0 Å². The maximum Gasteiger partial charge on any atom is 0.0116 e. The first-order chi connectivity index (χ1) is 8.66. The summed E-state index contributed by atoms with van der Waals surface area (Å²) in [5.74, 6) is 1.31. The summed E-state index contributed by atoms with van der Waals surface area (Å²) in [6.45, 7) is 9.88. The number of hydrogen-bond acceptors (Lipinski definition) is 3. The van der Waals surface area contributed by atoms with Crippen LogP contribution in [0.25, 0.3) is 0 Å². The summed E-state index contributed by atoms with van der Waals surface area (Å²) >= 11 is 2.15. The maximum atomic E-state index is 3.72. The van der Waals surface area contributed by atoms with Crippen LogP contribution >= 0.6 is 11.8 Å². The Kier molecular flexibility index (Phi) is 5.84. The predicted molar refractivity (Wildman–Crippen MR) is 82.5 cm³/mol. The van der Waals surface area contributed by atoms with Crippen LogP contribution in [0.3, 0.4) is 0 Å². The molecule has 2 aliphatic rings. The summed E-state index contributed by atoms with van der Waals surface area (Å²) in [7, 11) is 0. The zero-order valence-electron chi connectivity index (χ0n) is 12.2. The van der Waals surface area contributed by atoms with Gasteiger partial charge in [0.15, 0.2) is 0 Å². The van der Waals surface area contributed by atoms with Gasteiger partial charge in [0, 0.05) is 23.1 Å². The van der Waals surface area contributed by atoms with Crippen LogP contribution in [-0.2, 0) is 0 Å². The zero-order chi connectivity index (χ0) is 12.8. The molecule has 1 saturated heterocycles. The normalized spacial score (nSPS) is 26.3. The van der Waals surface area contributed by atoms with Gasteiger partial charge in [-0.1, -0.05) is 26.7 Å². The van der Waals surface area contributed by atoms with E-state index in [0.717, 1.165) is 6.04 Å². The van der Waals surface area contributed by atoms with E-state index in [2.05, 4.69) is 35.8 Å². The highest BCUT2D eigenvalue weighted by atomic mass is 32.2. The number of nitrogens with zero attached hydrogens (tertiary/aromatic N) is 1. The van der Waals surface area contributed by atoms with Crippen LogP contribution in [0.15, 0.2) is 0 Å². The third-order valence-corrected chi connectivity index (χ3v) is 5.74. The third kappa shape index (κ3) is 5.10. The Balaban J connectivity index is 1.55. The van der Waals surface area contributed by atoms with Crippen LogP contribution in [0.5, 0.6) is 0 Å². The molecule has 0 spiro atoms. The van der Waals surface area contributed by atoms with Gasteiger partial charge in [-0.25, -0.2) is 0 Å². The Labute approximate surface area is 117 Å². The largest absolute Gasteiger partial charge is 0.314 e. The summed E-state index contributed by atoms with van der Waals surface area (Å²) in [5, 5.41) is 3.72. The highest BCUT2D eigenvalue weighted by Gasteiger charge is 2.23. The molecule has 0 atom stereocenters. The van der Waals surface area contributed by atoms with Crippen LogP contribution in [0.2, 0.25) is 0 Å². The second-order valence-corrected chi connectivity index (χ2v) is 8.29. The van der Waals surface area contributed by atoms with Crippen molar-refractivity contribution in [3.8, 4) is 0 Å². The van der Waals surface area contributed by atoms with Crippen molar-refractivity contribution >= 4 is 11.8 Å². The molecule has 0 radical (unpaired) electrons. The summed E-state index contributed by atoms with van der Waals surface area (Å²) in [5.41, 5.74) is 0. The summed E-state index contributed by atoms with van der Waals surface area (Å²) in [6.07, 6.45) is 8.37. The molecular weight excluding hydrogens is 240 g/mol. The molecule has 1 aliphatic heterocycles. The lowest BCUT2D eigenvalue weighted by Gasteiger charge is -2.22. The fourth-order valence-corrected chi connectivity index (χ4v) is 4.16. The average molecular weight is 270 g/mol. The van der Waals surface area contributed by atoms with Gasteiger partial charge in [-0.3, -0.25) is 0 Å². The molecule has 1 saturated carbocycles. The lowest BCUT2D eigenvalue weighted by Crippen LogP contribution is -2.32. The molecule has 106 valence electrons. The standard InChI is InChI=1S/C15H30N2S/c1-15(2)8-11-17(12-13-18-15)10-5-9-16-14-6-3-4-7-14/h14,16H,3-13H2,1-2H3. The van der Waals surface area contributed by atoms with Crippen molar-refractivity contribution in [1.82, 2.24) is 10.2 Å². The van der Waals surface area contributed by atoms with E-state index in [1.54, 1.807) is 0 Å². The van der Waals surface area contributed by atoms with Crippen LogP contribution in [0, 0.1) is 0 Å². The van der Waals surface area contributed by atoms with Crippen molar-refractivity contribution in [3.05, 3.63) is 0 Å². The molecule has 0 amide bonds. The lowest BCUT2D eigenvalue weighted by atomic mass is 10.1. The highest BCUT2D eigenvalue weighted by molar-refractivity contribution is 8.00. The minimum atomic E-state index is 0.497. The molecule has 2 rings (SSSR count). The monoisotopic (exact) mass is 270 g/mol. The molecule has 0 aromatic carbocycles. The fraction of sp³-hybridized carbons (Fsp3) is 1.00. The Hall–Kier alpha value is 0.270. The van der Waals surface area contributed by atoms with Gasteiger partial charge in [0.25, 0.3) is 0 Å². The Morgan fingerprint density at radius 3 is 2.78 bits per heavy atom. The van der Waals surface area contributed by atoms with E-state index in [4.69, 9.17) is 0 Å². The second-order valence-electron chi connectivity index (χ2n) is 6.49. The SMILES string of the molecule is CC1(C)CCN(CCCNC2CCCC2)CCS1. The Morgan fingerprint density at radius 1 is 1.22 bits per heavy atom. The van der Waals surface area contributed by atoms with E-state index in [1.165, 1.54) is 70.5 Å². The highest BCUT2D eigenvalue weighted by Crippen LogP contribution is 2.30. The van der Waals surface area contributed by atoms with Crippen LogP contribution < -0.4 is 5.32 Å². The molecule has 0 bridgehead atoms. The number of rotatable bonds is 5. The van der Waals surface area contributed by atoms with Gasteiger partial charge in [0.05, 0.1) is 0 Å². The molecule has 1 N–H and O–H groups in total. The topological polar surface area (TPSA) is 15.3 Å². The van der Waals surface area contributed by atoms with Crippen molar-refractivity contribution in [2.75, 3.05) is 31.9 Å². The van der Waals surface area contributed by atoms with Crippen molar-refractivity contribution in [2.45, 2.75) is 63.2 Å². The summed E-state index contributed by atoms with van der Waals surface area (Å²) in [4.78, 5) is 2.66. The number of nitrogens with one attached hydrogen (secondary N) is 1. The first kappa shape index (κ1) is 14.7. The van der Waals surface area contributed by atoms with E-state index >= 15 is 0 Å². The molecule has 2 fully saturated rings. The summed E-state index contributed by atoms with van der Waals surface area (Å²) < 4.78 is 0.497. The fourth-order valence-electron chi connectivity index (χ4n) is 3.02. The van der Waals surface area contributed by atoms with Gasteiger partial charge >= 0.3 is 0 Å². The molecular formula is C15H30N2S. The van der Waals surface area contributed by atoms with E-state index < -0.39 is 0 Å². The number of hydrogen-bond donors (Lipinski definition) is 1. The van der Waals surface area contributed by atoms with E-state index in [-0.39, 0.29) is 0 Å². The van der Waals surface area contributed by atoms with Crippen LogP contribution in [-0.4, -0.2) is 47.6 Å². The van der Waals surface area contributed by atoms with E-state index in [9.17, 15) is 0 Å². The van der Waals surface area contributed by atoms with Gasteiger partial charge < -0.3 is 10.2 Å². The Bertz CT molecular complexity index is 237. The van der Waals surface area contributed by atoms with Gasteiger partial charge in [-0.2, -0.15) is 11.8 Å². The molecule has 3 heteroatoms. The van der Waals surface area contributed by atoms with Crippen LogP contribution in [0.4, 0.5) is 0 Å². The van der Waals surface area contributed by atoms with Crippen molar-refractivity contribution < 1.29 is 0 Å². The first-order valence-corrected chi connectivity index (χ1v) is 8.74. The summed E-state index contributed by atoms with van der Waals surface area (Å²) in [6, 6.07) is 0.837. The van der Waals surface area contributed by atoms with Crippen molar-refractivity contribution in [2.24, 2.45) is 0 Å².